The van der Waals surface area contributed by atoms with Crippen LogP contribution in [-0.4, -0.2) is 60.2 Å². The summed E-state index contributed by atoms with van der Waals surface area (Å²) in [6.07, 6.45) is -0.968. The van der Waals surface area contributed by atoms with Crippen LogP contribution in [-0.2, 0) is 4.79 Å². The van der Waals surface area contributed by atoms with Crippen LogP contribution in [0.3, 0.4) is 0 Å². The first-order valence-corrected chi connectivity index (χ1v) is 8.17. The van der Waals surface area contributed by atoms with Gasteiger partial charge >= 0.3 is 6.03 Å². The summed E-state index contributed by atoms with van der Waals surface area (Å²) in [7, 11) is 3.32. The van der Waals surface area contributed by atoms with Gasteiger partial charge in [-0.15, -0.1) is 0 Å². The number of amides is 2. The molecule has 0 heterocycles. The molecule has 0 aliphatic rings. The quantitative estimate of drug-likeness (QED) is 0.698. The van der Waals surface area contributed by atoms with E-state index < -0.39 is 12.1 Å². The topological polar surface area (TPSA) is 90.9 Å². The molecular weight excluding hydrogens is 322 g/mol. The number of hydrogen-bond donors (Lipinski definition) is 3. The Hall–Kier alpha value is -2.12. The molecule has 7 heteroatoms. The molecule has 3 N–H and O–H groups in total. The summed E-state index contributed by atoms with van der Waals surface area (Å²) in [5.74, 6) is 0.396. The predicted molar refractivity (Wildman–Crippen MR) is 98.0 cm³/mol. The Morgan fingerprint density at radius 2 is 1.76 bits per heavy atom. The van der Waals surface area contributed by atoms with E-state index in [9.17, 15) is 14.7 Å². The van der Waals surface area contributed by atoms with Gasteiger partial charge in [0.2, 0.25) is 0 Å². The number of nitrogens with one attached hydrogen (secondary N) is 2. The maximum absolute atomic E-state index is 11.8. The van der Waals surface area contributed by atoms with Crippen molar-refractivity contribution in [1.82, 2.24) is 10.2 Å². The molecule has 0 saturated carbocycles. The SMILES string of the molecule is CC(=O)C(NC(C)(C)C)C(O)COc1ccc(NC(=O)N(C)C)cc1. The Labute approximate surface area is 149 Å². The third-order valence-electron chi connectivity index (χ3n) is 3.34. The molecule has 0 aliphatic carbocycles. The highest BCUT2D eigenvalue weighted by atomic mass is 16.5. The number of aliphatic hydroxyl groups excluding tert-OH is 1. The summed E-state index contributed by atoms with van der Waals surface area (Å²) in [6.45, 7) is 7.21. The van der Waals surface area contributed by atoms with Crippen molar-refractivity contribution in [1.29, 1.82) is 0 Å². The Kier molecular flexibility index (Phi) is 7.38. The Bertz CT molecular complexity index is 579. The monoisotopic (exact) mass is 351 g/mol. The number of benzene rings is 1. The van der Waals surface area contributed by atoms with Crippen LogP contribution in [0.2, 0.25) is 0 Å². The number of carbonyl (C=O) groups excluding carboxylic acids is 2. The predicted octanol–water partition coefficient (Wildman–Crippen LogP) is 1.87. The van der Waals surface area contributed by atoms with Gasteiger partial charge in [0, 0.05) is 25.3 Å². The van der Waals surface area contributed by atoms with Crippen molar-refractivity contribution in [3.8, 4) is 5.75 Å². The Morgan fingerprint density at radius 3 is 2.20 bits per heavy atom. The Morgan fingerprint density at radius 1 is 1.20 bits per heavy atom. The van der Waals surface area contributed by atoms with Crippen LogP contribution in [0.1, 0.15) is 27.7 Å². The highest BCUT2D eigenvalue weighted by Gasteiger charge is 2.28. The van der Waals surface area contributed by atoms with Gasteiger partial charge in [0.15, 0.2) is 0 Å². The van der Waals surface area contributed by atoms with Crippen molar-refractivity contribution in [3.05, 3.63) is 24.3 Å². The third kappa shape index (κ3) is 7.53. The van der Waals surface area contributed by atoms with Crippen LogP contribution in [0, 0.1) is 0 Å². The lowest BCUT2D eigenvalue weighted by Gasteiger charge is -2.30. The van der Waals surface area contributed by atoms with Gasteiger partial charge in [0.05, 0.1) is 6.04 Å². The van der Waals surface area contributed by atoms with E-state index in [0.717, 1.165) is 0 Å². The van der Waals surface area contributed by atoms with Gasteiger partial charge in [-0.3, -0.25) is 4.79 Å². The van der Waals surface area contributed by atoms with Crippen molar-refractivity contribution in [2.24, 2.45) is 0 Å². The zero-order valence-corrected chi connectivity index (χ0v) is 15.8. The highest BCUT2D eigenvalue weighted by Crippen LogP contribution is 2.17. The number of ketones is 1. The van der Waals surface area contributed by atoms with Crippen LogP contribution in [0.15, 0.2) is 24.3 Å². The van der Waals surface area contributed by atoms with Gasteiger partial charge in [-0.05, 0) is 52.0 Å². The zero-order valence-electron chi connectivity index (χ0n) is 15.8. The minimum Gasteiger partial charge on any atom is -0.491 e. The molecule has 25 heavy (non-hydrogen) atoms. The van der Waals surface area contributed by atoms with Crippen molar-refractivity contribution >= 4 is 17.5 Å². The van der Waals surface area contributed by atoms with Gasteiger partial charge in [0.25, 0.3) is 0 Å². The minimum atomic E-state index is -0.968. The van der Waals surface area contributed by atoms with Gasteiger partial charge in [-0.2, -0.15) is 0 Å². The fourth-order valence-electron chi connectivity index (χ4n) is 2.08. The molecule has 1 aromatic rings. The van der Waals surface area contributed by atoms with Crippen LogP contribution >= 0.6 is 0 Å². The van der Waals surface area contributed by atoms with Crippen molar-refractivity contribution < 1.29 is 19.4 Å². The summed E-state index contributed by atoms with van der Waals surface area (Å²) in [5, 5.41) is 16.1. The van der Waals surface area contributed by atoms with Crippen LogP contribution in [0.4, 0.5) is 10.5 Å². The molecule has 0 radical (unpaired) electrons. The number of urea groups is 1. The first-order valence-electron chi connectivity index (χ1n) is 8.17. The smallest absolute Gasteiger partial charge is 0.321 e. The molecule has 1 rings (SSSR count). The van der Waals surface area contributed by atoms with Gasteiger partial charge in [0.1, 0.15) is 24.2 Å². The highest BCUT2D eigenvalue weighted by molar-refractivity contribution is 5.88. The molecule has 2 atom stereocenters. The second-order valence-electron chi connectivity index (χ2n) is 7.21. The molecule has 0 aliphatic heterocycles. The molecule has 0 saturated heterocycles. The van der Waals surface area contributed by atoms with Crippen molar-refractivity contribution in [3.63, 3.8) is 0 Å². The fraction of sp³-hybridized carbons (Fsp3) is 0.556. The van der Waals surface area contributed by atoms with Gasteiger partial charge in [-0.1, -0.05) is 0 Å². The number of rotatable bonds is 7. The lowest BCUT2D eigenvalue weighted by molar-refractivity contribution is -0.122. The first kappa shape index (κ1) is 20.9. The standard InChI is InChI=1S/C18H29N3O4/c1-12(22)16(20-18(2,3)4)15(23)11-25-14-9-7-13(8-10-14)19-17(24)21(5)6/h7-10,15-16,20,23H,11H2,1-6H3,(H,19,24). The van der Waals surface area contributed by atoms with E-state index in [2.05, 4.69) is 10.6 Å². The largest absolute Gasteiger partial charge is 0.491 e. The van der Waals surface area contributed by atoms with E-state index in [4.69, 9.17) is 4.74 Å². The fourth-order valence-corrected chi connectivity index (χ4v) is 2.08. The van der Waals surface area contributed by atoms with Gasteiger partial charge in [-0.25, -0.2) is 4.79 Å². The molecule has 1 aromatic carbocycles. The lowest BCUT2D eigenvalue weighted by Crippen LogP contribution is -2.54. The van der Waals surface area contributed by atoms with E-state index in [-0.39, 0.29) is 24.0 Å². The second-order valence-corrected chi connectivity index (χ2v) is 7.21. The number of anilines is 1. The molecule has 7 nitrogen and oxygen atoms in total. The summed E-state index contributed by atoms with van der Waals surface area (Å²) in [6, 6.07) is 5.88. The van der Waals surface area contributed by atoms with Crippen LogP contribution in [0.25, 0.3) is 0 Å². The number of carbonyl (C=O) groups is 2. The molecule has 0 spiro atoms. The normalized spacial score (nSPS) is 13.7. The van der Waals surface area contributed by atoms with Crippen molar-refractivity contribution in [2.45, 2.75) is 45.4 Å². The van der Waals surface area contributed by atoms with E-state index in [1.54, 1.807) is 38.4 Å². The maximum atomic E-state index is 11.8. The summed E-state index contributed by atoms with van der Waals surface area (Å²) >= 11 is 0. The lowest BCUT2D eigenvalue weighted by atomic mass is 10.0. The van der Waals surface area contributed by atoms with Gasteiger partial charge < -0.3 is 25.4 Å². The van der Waals surface area contributed by atoms with E-state index in [0.29, 0.717) is 11.4 Å². The van der Waals surface area contributed by atoms with Crippen LogP contribution in [0.5, 0.6) is 5.75 Å². The number of Topliss-reactive ketones (excluding diaryl/α,β-unsaturated/α-hetero) is 1. The molecule has 2 amide bonds. The third-order valence-corrected chi connectivity index (χ3v) is 3.34. The number of hydrogen-bond acceptors (Lipinski definition) is 5. The maximum Gasteiger partial charge on any atom is 0.321 e. The molecule has 0 bridgehead atoms. The molecule has 0 aromatic heterocycles. The van der Waals surface area contributed by atoms with Crippen molar-refractivity contribution in [2.75, 3.05) is 26.0 Å². The number of nitrogens with zero attached hydrogens (tertiary/aromatic N) is 1. The number of aliphatic hydroxyl groups is 1. The minimum absolute atomic E-state index is 0.0171. The summed E-state index contributed by atoms with van der Waals surface area (Å²) < 4.78 is 5.56. The average molecular weight is 351 g/mol. The summed E-state index contributed by atoms with van der Waals surface area (Å²) in [5.41, 5.74) is 0.339. The zero-order chi connectivity index (χ0) is 19.2. The molecule has 140 valence electrons. The first-order chi connectivity index (χ1) is 11.5. The van der Waals surface area contributed by atoms with Crippen LogP contribution < -0.4 is 15.4 Å². The van der Waals surface area contributed by atoms with E-state index in [1.165, 1.54) is 11.8 Å². The van der Waals surface area contributed by atoms with E-state index >= 15 is 0 Å². The molecule has 2 unspecified atom stereocenters. The average Bonchev–Trinajstić information content (AvgIpc) is 2.50. The Balaban J connectivity index is 2.61. The second kappa shape index (κ2) is 8.82. The number of ether oxygens (including phenoxy) is 1. The molecule has 0 fully saturated rings. The molecular formula is C18H29N3O4. The summed E-state index contributed by atoms with van der Waals surface area (Å²) in [4.78, 5) is 24.8. The van der Waals surface area contributed by atoms with E-state index in [1.807, 2.05) is 20.8 Å².